The molecule has 136 valence electrons. The fourth-order valence-electron chi connectivity index (χ4n) is 2.57. The molecule has 2 aromatic rings. The van der Waals surface area contributed by atoms with Gasteiger partial charge in [0.05, 0.1) is 21.3 Å². The van der Waals surface area contributed by atoms with Crippen LogP contribution in [0.15, 0.2) is 58.3 Å². The Bertz CT molecular complexity index is 864. The molecule has 0 fully saturated rings. The summed E-state index contributed by atoms with van der Waals surface area (Å²) in [7, 11) is -7.37. The molecule has 0 unspecified atom stereocenters. The summed E-state index contributed by atoms with van der Waals surface area (Å²) in [5, 5.41) is 0. The van der Waals surface area contributed by atoms with Gasteiger partial charge in [0.1, 0.15) is 0 Å². The van der Waals surface area contributed by atoms with Gasteiger partial charge < -0.3 is 5.73 Å². The molecular formula is C18H23NO4S2. The van der Waals surface area contributed by atoms with E-state index in [2.05, 4.69) is 0 Å². The first-order valence-electron chi connectivity index (χ1n) is 7.79. The molecule has 2 N–H and O–H groups in total. The molecule has 0 amide bonds. The number of sulfone groups is 2. The molecule has 7 heteroatoms. The van der Waals surface area contributed by atoms with Crippen LogP contribution in [0.1, 0.15) is 18.1 Å². The average Bonchev–Trinajstić information content (AvgIpc) is 2.45. The third kappa shape index (κ3) is 5.14. The Balaban J connectivity index is 2.23. The van der Waals surface area contributed by atoms with Gasteiger partial charge in [-0.3, -0.25) is 0 Å². The van der Waals surface area contributed by atoms with Gasteiger partial charge in [-0.25, -0.2) is 16.8 Å². The lowest BCUT2D eigenvalue weighted by Gasteiger charge is -2.24. The van der Waals surface area contributed by atoms with E-state index in [0.717, 1.165) is 11.1 Å². The lowest BCUT2D eigenvalue weighted by molar-refractivity contribution is 0.530. The van der Waals surface area contributed by atoms with Gasteiger partial charge in [-0.15, -0.1) is 0 Å². The molecule has 2 rings (SSSR count). The number of hydrogen-bond acceptors (Lipinski definition) is 5. The molecule has 5 nitrogen and oxygen atoms in total. The van der Waals surface area contributed by atoms with Crippen molar-refractivity contribution in [3.8, 4) is 0 Å². The van der Waals surface area contributed by atoms with Crippen molar-refractivity contribution in [1.29, 1.82) is 0 Å². The monoisotopic (exact) mass is 381 g/mol. The Morgan fingerprint density at radius 2 is 1.00 bits per heavy atom. The van der Waals surface area contributed by atoms with Gasteiger partial charge in [-0.1, -0.05) is 35.4 Å². The van der Waals surface area contributed by atoms with Crippen molar-refractivity contribution in [3.05, 3.63) is 59.7 Å². The van der Waals surface area contributed by atoms with E-state index in [-0.39, 0.29) is 9.79 Å². The van der Waals surface area contributed by atoms with Crippen molar-refractivity contribution in [2.45, 2.75) is 36.1 Å². The second-order valence-corrected chi connectivity index (χ2v) is 10.8. The zero-order valence-electron chi connectivity index (χ0n) is 14.6. The topological polar surface area (TPSA) is 94.3 Å². The van der Waals surface area contributed by atoms with Crippen LogP contribution in [-0.4, -0.2) is 33.9 Å². The third-order valence-electron chi connectivity index (χ3n) is 3.80. The van der Waals surface area contributed by atoms with E-state index in [1.807, 2.05) is 13.8 Å². The third-order valence-corrected chi connectivity index (χ3v) is 7.86. The summed E-state index contributed by atoms with van der Waals surface area (Å²) in [5.74, 6) is -0.900. The fraction of sp³-hybridized carbons (Fsp3) is 0.333. The van der Waals surface area contributed by atoms with Crippen LogP contribution in [0.5, 0.6) is 0 Å². The molecule has 0 atom stereocenters. The summed E-state index contributed by atoms with van der Waals surface area (Å²) in [6.45, 7) is 5.17. The minimum Gasteiger partial charge on any atom is -0.324 e. The highest BCUT2D eigenvalue weighted by atomic mass is 32.2. The molecule has 0 saturated carbocycles. The molecular weight excluding hydrogens is 358 g/mol. The predicted molar refractivity (Wildman–Crippen MR) is 99.1 cm³/mol. The zero-order chi connectivity index (χ0) is 18.9. The Kier molecular flexibility index (Phi) is 5.41. The minimum absolute atomic E-state index is 0.141. The van der Waals surface area contributed by atoms with Gasteiger partial charge >= 0.3 is 0 Å². The number of rotatable bonds is 6. The van der Waals surface area contributed by atoms with Gasteiger partial charge in [-0.05, 0) is 45.0 Å². The summed E-state index contributed by atoms with van der Waals surface area (Å²) in [4.78, 5) is 0.282. The van der Waals surface area contributed by atoms with E-state index in [4.69, 9.17) is 5.73 Å². The van der Waals surface area contributed by atoms with Crippen molar-refractivity contribution in [2.75, 3.05) is 11.5 Å². The zero-order valence-corrected chi connectivity index (χ0v) is 16.2. The number of hydrogen-bond donors (Lipinski definition) is 1. The molecule has 0 aliphatic rings. The van der Waals surface area contributed by atoms with Crippen molar-refractivity contribution in [1.82, 2.24) is 0 Å². The first-order chi connectivity index (χ1) is 11.4. The van der Waals surface area contributed by atoms with Crippen molar-refractivity contribution in [2.24, 2.45) is 5.73 Å². The standard InChI is InChI=1S/C18H23NO4S2/c1-14-4-8-16(9-5-14)24(20,21)12-18(3,19)13-25(22,23)17-10-6-15(2)7-11-17/h4-11H,12-13,19H2,1-3H3. The molecule has 0 aliphatic carbocycles. The van der Waals surface area contributed by atoms with Crippen molar-refractivity contribution in [3.63, 3.8) is 0 Å². The number of benzene rings is 2. The van der Waals surface area contributed by atoms with Crippen LogP contribution in [0.4, 0.5) is 0 Å². The molecule has 0 aromatic heterocycles. The van der Waals surface area contributed by atoms with E-state index >= 15 is 0 Å². The molecule has 0 heterocycles. The Morgan fingerprint density at radius 1 is 0.720 bits per heavy atom. The molecule has 0 radical (unpaired) electrons. The van der Waals surface area contributed by atoms with Crippen molar-refractivity contribution >= 4 is 19.7 Å². The largest absolute Gasteiger partial charge is 0.324 e. The van der Waals surface area contributed by atoms with E-state index < -0.39 is 36.7 Å². The van der Waals surface area contributed by atoms with Gasteiger partial charge in [0.2, 0.25) is 0 Å². The normalized spacial score (nSPS) is 13.0. The quantitative estimate of drug-likeness (QED) is 0.828. The summed E-state index contributed by atoms with van der Waals surface area (Å²) in [5.41, 5.74) is 6.54. The van der Waals surface area contributed by atoms with E-state index in [0.29, 0.717) is 0 Å². The van der Waals surface area contributed by atoms with Crippen LogP contribution in [0, 0.1) is 13.8 Å². The van der Waals surface area contributed by atoms with Gasteiger partial charge in [0.15, 0.2) is 19.7 Å². The lowest BCUT2D eigenvalue weighted by atomic mass is 10.1. The van der Waals surface area contributed by atoms with Crippen LogP contribution in [0.3, 0.4) is 0 Å². The first kappa shape index (κ1) is 19.6. The molecule has 0 saturated heterocycles. The minimum atomic E-state index is -3.69. The summed E-state index contributed by atoms with van der Waals surface area (Å²) in [6.07, 6.45) is 0. The highest BCUT2D eigenvalue weighted by molar-refractivity contribution is 7.92. The van der Waals surface area contributed by atoms with E-state index in [1.165, 1.54) is 31.2 Å². The Hall–Kier alpha value is -1.70. The van der Waals surface area contributed by atoms with Crippen LogP contribution in [-0.2, 0) is 19.7 Å². The van der Waals surface area contributed by atoms with Crippen LogP contribution >= 0.6 is 0 Å². The average molecular weight is 382 g/mol. The molecule has 0 bridgehead atoms. The Morgan fingerprint density at radius 3 is 1.28 bits per heavy atom. The lowest BCUT2D eigenvalue weighted by Crippen LogP contribution is -2.49. The maximum Gasteiger partial charge on any atom is 0.180 e. The summed E-state index contributed by atoms with van der Waals surface area (Å²) >= 11 is 0. The number of aryl methyl sites for hydroxylation is 2. The van der Waals surface area contributed by atoms with Crippen LogP contribution in [0.2, 0.25) is 0 Å². The molecule has 2 aromatic carbocycles. The SMILES string of the molecule is Cc1ccc(S(=O)(=O)CC(C)(N)CS(=O)(=O)c2ccc(C)cc2)cc1. The second-order valence-electron chi connectivity index (χ2n) is 6.80. The van der Waals surface area contributed by atoms with Gasteiger partial charge in [0, 0.05) is 5.54 Å². The summed E-state index contributed by atoms with van der Waals surface area (Å²) < 4.78 is 50.2. The van der Waals surface area contributed by atoms with Gasteiger partial charge in [0.25, 0.3) is 0 Å². The molecule has 0 aliphatic heterocycles. The maximum atomic E-state index is 12.6. The number of nitrogens with two attached hydrogens (primary N) is 1. The highest BCUT2D eigenvalue weighted by Crippen LogP contribution is 2.21. The molecule has 25 heavy (non-hydrogen) atoms. The van der Waals surface area contributed by atoms with Gasteiger partial charge in [-0.2, -0.15) is 0 Å². The van der Waals surface area contributed by atoms with E-state index in [9.17, 15) is 16.8 Å². The molecule has 0 spiro atoms. The fourth-order valence-corrected chi connectivity index (χ4v) is 6.07. The van der Waals surface area contributed by atoms with Crippen molar-refractivity contribution < 1.29 is 16.8 Å². The Labute approximate surface area is 149 Å². The van der Waals surface area contributed by atoms with E-state index in [1.54, 1.807) is 24.3 Å². The smallest absolute Gasteiger partial charge is 0.180 e. The van der Waals surface area contributed by atoms with Crippen LogP contribution < -0.4 is 5.73 Å². The maximum absolute atomic E-state index is 12.6. The van der Waals surface area contributed by atoms with Crippen LogP contribution in [0.25, 0.3) is 0 Å². The highest BCUT2D eigenvalue weighted by Gasteiger charge is 2.33. The predicted octanol–water partition coefficient (Wildman–Crippen LogP) is 2.27. The summed E-state index contributed by atoms with van der Waals surface area (Å²) in [6, 6.07) is 12.8. The first-order valence-corrected chi connectivity index (χ1v) is 11.1. The second kappa shape index (κ2) is 6.90.